The van der Waals surface area contributed by atoms with E-state index in [0.717, 1.165) is 42.2 Å². The van der Waals surface area contributed by atoms with Crippen LogP contribution < -0.4 is 25.4 Å². The maximum atomic E-state index is 14.3. The van der Waals surface area contributed by atoms with E-state index in [2.05, 4.69) is 22.5 Å². The van der Waals surface area contributed by atoms with Gasteiger partial charge >= 0.3 is 12.0 Å². The molecule has 0 radical (unpaired) electrons. The van der Waals surface area contributed by atoms with Gasteiger partial charge in [-0.2, -0.15) is 0 Å². The highest BCUT2D eigenvalue weighted by molar-refractivity contribution is 5.96. The van der Waals surface area contributed by atoms with Crippen molar-refractivity contribution in [1.82, 2.24) is 25.8 Å². The number of nitrogens with zero attached hydrogens (tertiary/aromatic N) is 2. The largest absolute Gasteiger partial charge is 0.496 e. The molecule has 6 rings (SSSR count). The number of methoxy groups -OCH3 is 1. The van der Waals surface area contributed by atoms with Gasteiger partial charge in [-0.05, 0) is 43.2 Å². The van der Waals surface area contributed by atoms with Crippen molar-refractivity contribution in [2.75, 3.05) is 20.2 Å². The third-order valence-corrected chi connectivity index (χ3v) is 10.0. The fourth-order valence-electron chi connectivity index (χ4n) is 7.08. The molecule has 4 N–H and O–H groups in total. The number of fused-ring (bicyclic) bond motifs is 3. The van der Waals surface area contributed by atoms with Crippen LogP contribution in [0.4, 0.5) is 4.79 Å². The highest BCUT2D eigenvalue weighted by Crippen LogP contribution is 2.45. The number of amides is 4. The molecule has 2 aromatic carbocycles. The summed E-state index contributed by atoms with van der Waals surface area (Å²) in [5.41, 5.74) is 1.77. The highest BCUT2D eigenvalue weighted by atomic mass is 16.5. The molecule has 3 aromatic rings. The zero-order chi connectivity index (χ0) is 35.6. The van der Waals surface area contributed by atoms with Crippen molar-refractivity contribution in [2.45, 2.75) is 76.1 Å². The van der Waals surface area contributed by atoms with Crippen LogP contribution >= 0.6 is 0 Å². The SMILES string of the molecule is C=C[C@@H]1C[C@]1(NC(=O)[C@@H]1C[C@@H]2CN1C(=O)[C@H](C(C)C)NC(=O)NCCCCCc1cc3c(cc(-c4ccccc4)nc3cc1OC)O2)C(=O)O. The monoisotopic (exact) mass is 683 g/mol. The van der Waals surface area contributed by atoms with Crippen LogP contribution in [0, 0.1) is 11.8 Å². The number of rotatable bonds is 7. The number of aromatic nitrogens is 1. The highest BCUT2D eigenvalue weighted by Gasteiger charge is 2.61. The van der Waals surface area contributed by atoms with Gasteiger partial charge in [0.05, 0.1) is 24.9 Å². The number of benzene rings is 2. The van der Waals surface area contributed by atoms with Crippen LogP contribution in [0.1, 0.15) is 51.5 Å². The Morgan fingerprint density at radius 2 is 1.94 bits per heavy atom. The quantitative estimate of drug-likeness (QED) is 0.266. The summed E-state index contributed by atoms with van der Waals surface area (Å²) in [4.78, 5) is 59.9. The van der Waals surface area contributed by atoms with Gasteiger partial charge in [-0.3, -0.25) is 9.59 Å². The van der Waals surface area contributed by atoms with Crippen LogP contribution in [-0.4, -0.2) is 82.7 Å². The number of ether oxygens (including phenoxy) is 2. The van der Waals surface area contributed by atoms with Gasteiger partial charge < -0.3 is 35.4 Å². The third kappa shape index (κ3) is 6.97. The van der Waals surface area contributed by atoms with Crippen LogP contribution in [0.15, 0.2) is 61.2 Å². The minimum Gasteiger partial charge on any atom is -0.496 e. The molecule has 1 saturated carbocycles. The van der Waals surface area contributed by atoms with Gasteiger partial charge in [0, 0.05) is 42.0 Å². The van der Waals surface area contributed by atoms with Crippen molar-refractivity contribution in [3.63, 3.8) is 0 Å². The van der Waals surface area contributed by atoms with E-state index < -0.39 is 53.5 Å². The molecule has 2 aliphatic heterocycles. The summed E-state index contributed by atoms with van der Waals surface area (Å²) in [6.07, 6.45) is 4.42. The van der Waals surface area contributed by atoms with E-state index in [1.54, 1.807) is 7.11 Å². The summed E-state index contributed by atoms with van der Waals surface area (Å²) in [5, 5.41) is 19.2. The molecule has 3 aliphatic rings. The fraction of sp³-hybridized carbons (Fsp3) is 0.447. The van der Waals surface area contributed by atoms with E-state index in [1.165, 1.54) is 11.0 Å². The second-order valence-corrected chi connectivity index (χ2v) is 13.8. The third-order valence-electron chi connectivity index (χ3n) is 10.0. The summed E-state index contributed by atoms with van der Waals surface area (Å²) < 4.78 is 12.5. The molecular formula is C38H45N5O7. The van der Waals surface area contributed by atoms with E-state index in [4.69, 9.17) is 14.5 Å². The first kappa shape index (κ1) is 34.7. The summed E-state index contributed by atoms with van der Waals surface area (Å²) in [6, 6.07) is 13.1. The second kappa shape index (κ2) is 14.4. The zero-order valence-electron chi connectivity index (χ0n) is 28.7. The van der Waals surface area contributed by atoms with E-state index in [-0.39, 0.29) is 25.3 Å². The Morgan fingerprint density at radius 1 is 1.16 bits per heavy atom. The van der Waals surface area contributed by atoms with E-state index in [1.807, 2.05) is 62.4 Å². The van der Waals surface area contributed by atoms with E-state index in [0.29, 0.717) is 29.3 Å². The summed E-state index contributed by atoms with van der Waals surface area (Å²) in [5.74, 6) is -1.65. The molecular weight excluding hydrogens is 638 g/mol. The zero-order valence-corrected chi connectivity index (χ0v) is 28.7. The van der Waals surface area contributed by atoms with Gasteiger partial charge in [0.25, 0.3) is 0 Å². The Morgan fingerprint density at radius 3 is 2.62 bits per heavy atom. The molecule has 1 aromatic heterocycles. The van der Waals surface area contributed by atoms with Crippen molar-refractivity contribution in [1.29, 1.82) is 0 Å². The Labute approximate surface area is 291 Å². The topological polar surface area (TPSA) is 159 Å². The van der Waals surface area contributed by atoms with Gasteiger partial charge in [-0.25, -0.2) is 14.6 Å². The first-order chi connectivity index (χ1) is 24.0. The first-order valence-corrected chi connectivity index (χ1v) is 17.3. The number of carboxylic acids is 1. The average Bonchev–Trinajstić information content (AvgIpc) is 3.67. The molecule has 4 bridgehead atoms. The molecule has 1 aliphatic carbocycles. The van der Waals surface area contributed by atoms with Crippen molar-refractivity contribution < 1.29 is 33.8 Å². The number of hydrogen-bond donors (Lipinski definition) is 4. The summed E-state index contributed by atoms with van der Waals surface area (Å²) in [7, 11) is 1.64. The maximum absolute atomic E-state index is 14.3. The van der Waals surface area contributed by atoms with Crippen molar-refractivity contribution >= 4 is 34.7 Å². The number of carboxylic acid groups (broad SMARTS) is 1. The Balaban J connectivity index is 1.42. The van der Waals surface area contributed by atoms with Crippen LogP contribution in [0.2, 0.25) is 0 Å². The predicted octanol–water partition coefficient (Wildman–Crippen LogP) is 4.45. The lowest BCUT2D eigenvalue weighted by molar-refractivity contribution is -0.145. The molecule has 5 atom stereocenters. The lowest BCUT2D eigenvalue weighted by atomic mass is 10.0. The number of nitrogens with one attached hydrogen (secondary N) is 3. The molecule has 50 heavy (non-hydrogen) atoms. The smallest absolute Gasteiger partial charge is 0.330 e. The van der Waals surface area contributed by atoms with Gasteiger partial charge in [-0.1, -0.05) is 56.7 Å². The Hall–Kier alpha value is -5.13. The Kier molecular flexibility index (Phi) is 9.99. The number of hydrogen-bond acceptors (Lipinski definition) is 7. The molecule has 264 valence electrons. The van der Waals surface area contributed by atoms with Gasteiger partial charge in [0.1, 0.15) is 35.2 Å². The number of carbonyl (C=O) groups excluding carboxylic acids is 3. The van der Waals surface area contributed by atoms with Crippen LogP contribution in [0.5, 0.6) is 11.5 Å². The predicted molar refractivity (Wildman–Crippen MR) is 188 cm³/mol. The van der Waals surface area contributed by atoms with E-state index >= 15 is 0 Å². The normalized spacial score (nSPS) is 25.6. The maximum Gasteiger partial charge on any atom is 0.330 e. The van der Waals surface area contributed by atoms with Gasteiger partial charge in [0.15, 0.2) is 0 Å². The summed E-state index contributed by atoms with van der Waals surface area (Å²) in [6.45, 7) is 7.85. The van der Waals surface area contributed by atoms with Gasteiger partial charge in [-0.15, -0.1) is 6.58 Å². The minimum absolute atomic E-state index is 0.0435. The van der Waals surface area contributed by atoms with E-state index in [9.17, 15) is 24.3 Å². The number of carbonyl (C=O) groups is 4. The van der Waals surface area contributed by atoms with Crippen LogP contribution in [0.3, 0.4) is 0 Å². The molecule has 0 unspecified atom stereocenters. The van der Waals surface area contributed by atoms with Crippen LogP contribution in [0.25, 0.3) is 22.2 Å². The Bertz CT molecular complexity index is 1800. The molecule has 3 heterocycles. The number of urea groups is 1. The number of aryl methyl sites for hydroxylation is 1. The van der Waals surface area contributed by atoms with Gasteiger partial charge in [0.2, 0.25) is 11.8 Å². The minimum atomic E-state index is -1.48. The standard InChI is InChI=1S/C38H45N5O7/c1-5-25-20-38(25,36(46)47)42-34(44)30-17-26-21-43(30)35(45)33(22(2)3)41-37(48)39-15-11-7-10-14-24-16-27-29(19-31(24)49-4)40-28(18-32(27)50-26)23-12-8-6-9-13-23/h5-6,8-9,12-13,16,18-19,22,25-26,30,33H,1,7,10-11,14-15,17,20-21H2,2-4H3,(H,42,44)(H,46,47)(H2,39,41,48)/t25-,26-,30+,33+,38-/m1/s1. The number of aliphatic carboxylic acids is 1. The fourth-order valence-corrected chi connectivity index (χ4v) is 7.08. The molecule has 4 amide bonds. The average molecular weight is 684 g/mol. The second-order valence-electron chi connectivity index (χ2n) is 13.8. The van der Waals surface area contributed by atoms with Crippen molar-refractivity contribution in [3.8, 4) is 22.8 Å². The lowest BCUT2D eigenvalue weighted by Crippen LogP contribution is -2.58. The molecule has 12 nitrogen and oxygen atoms in total. The summed E-state index contributed by atoms with van der Waals surface area (Å²) >= 11 is 0. The number of pyridine rings is 1. The van der Waals surface area contributed by atoms with Crippen molar-refractivity contribution in [3.05, 3.63) is 66.7 Å². The molecule has 1 saturated heterocycles. The molecule has 0 spiro atoms. The van der Waals surface area contributed by atoms with Crippen molar-refractivity contribution in [2.24, 2.45) is 11.8 Å². The lowest BCUT2D eigenvalue weighted by Gasteiger charge is -2.31. The van der Waals surface area contributed by atoms with Crippen LogP contribution in [-0.2, 0) is 20.8 Å². The first-order valence-electron chi connectivity index (χ1n) is 17.3. The molecule has 12 heteroatoms. The molecule has 2 fully saturated rings.